The summed E-state index contributed by atoms with van der Waals surface area (Å²) < 4.78 is 6.99. The van der Waals surface area contributed by atoms with Crippen molar-refractivity contribution in [1.29, 1.82) is 0 Å². The number of nitrogens with one attached hydrogen (secondary N) is 1. The zero-order valence-electron chi connectivity index (χ0n) is 19.5. The van der Waals surface area contributed by atoms with E-state index in [2.05, 4.69) is 40.1 Å². The molecular weight excluding hydrogens is 452 g/mol. The van der Waals surface area contributed by atoms with Crippen LogP contribution in [-0.2, 0) is 0 Å². The third-order valence-corrected chi connectivity index (χ3v) is 7.07. The molecule has 34 heavy (non-hydrogen) atoms. The second kappa shape index (κ2) is 8.83. The van der Waals surface area contributed by atoms with Gasteiger partial charge in [-0.05, 0) is 56.2 Å². The first kappa shape index (κ1) is 22.5. The van der Waals surface area contributed by atoms with Crippen LogP contribution in [0.3, 0.4) is 0 Å². The Hall–Kier alpha value is -3.26. The molecule has 1 aliphatic carbocycles. The lowest BCUT2D eigenvalue weighted by Crippen LogP contribution is -2.23. The van der Waals surface area contributed by atoms with Gasteiger partial charge >= 0.3 is 5.76 Å². The molecular formula is C25H27ClN6O2. The van der Waals surface area contributed by atoms with Gasteiger partial charge in [-0.25, -0.2) is 14.8 Å². The third-order valence-electron chi connectivity index (χ3n) is 6.86. The van der Waals surface area contributed by atoms with Crippen LogP contribution in [-0.4, -0.2) is 29.7 Å². The van der Waals surface area contributed by atoms with Gasteiger partial charge in [-0.2, -0.15) is 0 Å². The minimum atomic E-state index is -0.642. The monoisotopic (exact) mass is 478 g/mol. The van der Waals surface area contributed by atoms with E-state index in [1.54, 1.807) is 12.4 Å². The molecule has 8 nitrogen and oxygen atoms in total. The van der Waals surface area contributed by atoms with Crippen LogP contribution in [0.5, 0.6) is 0 Å². The first-order valence-corrected chi connectivity index (χ1v) is 12.0. The van der Waals surface area contributed by atoms with E-state index in [4.69, 9.17) is 26.1 Å². The van der Waals surface area contributed by atoms with E-state index in [9.17, 15) is 4.79 Å². The molecule has 0 amide bonds. The summed E-state index contributed by atoms with van der Waals surface area (Å²) >= 11 is 6.30. The van der Waals surface area contributed by atoms with Crippen molar-refractivity contribution in [2.24, 2.45) is 11.8 Å². The van der Waals surface area contributed by atoms with Gasteiger partial charge in [0, 0.05) is 24.0 Å². The number of pyridine rings is 2. The van der Waals surface area contributed by atoms with Crippen LogP contribution >= 0.6 is 11.6 Å². The summed E-state index contributed by atoms with van der Waals surface area (Å²) in [6.07, 6.45) is 8.14. The van der Waals surface area contributed by atoms with Gasteiger partial charge in [-0.1, -0.05) is 43.1 Å². The summed E-state index contributed by atoms with van der Waals surface area (Å²) in [5.74, 6) is 1.72. The van der Waals surface area contributed by atoms with E-state index in [0.717, 1.165) is 33.9 Å². The zero-order valence-corrected chi connectivity index (χ0v) is 20.3. The summed E-state index contributed by atoms with van der Waals surface area (Å²) in [6, 6.07) is 3.86. The molecule has 1 saturated carbocycles. The van der Waals surface area contributed by atoms with Crippen LogP contribution in [0.2, 0.25) is 5.02 Å². The van der Waals surface area contributed by atoms with Crippen LogP contribution < -0.4 is 5.76 Å². The highest BCUT2D eigenvalue weighted by atomic mass is 35.5. The number of imidazole rings is 1. The molecule has 0 aromatic carbocycles. The van der Waals surface area contributed by atoms with Gasteiger partial charge in [0.25, 0.3) is 0 Å². The van der Waals surface area contributed by atoms with Crippen molar-refractivity contribution in [1.82, 2.24) is 29.7 Å². The number of nitrogens with zero attached hydrogens (tertiary/aromatic N) is 5. The number of rotatable bonds is 5. The molecule has 1 aliphatic rings. The summed E-state index contributed by atoms with van der Waals surface area (Å²) in [5.41, 5.74) is 4.37. The largest absolute Gasteiger partial charge is 0.439 e. The van der Waals surface area contributed by atoms with E-state index < -0.39 is 5.76 Å². The lowest BCUT2D eigenvalue weighted by atomic mass is 9.79. The number of fused-ring (bicyclic) bond motifs is 1. The maximum atomic E-state index is 11.6. The molecule has 1 unspecified atom stereocenters. The normalized spacial score (nSPS) is 19.4. The van der Waals surface area contributed by atoms with Crippen molar-refractivity contribution in [2.45, 2.75) is 52.5 Å². The molecule has 4 aromatic heterocycles. The smallest absolute Gasteiger partial charge is 0.319 e. The van der Waals surface area contributed by atoms with Crippen molar-refractivity contribution in [3.63, 3.8) is 0 Å². The van der Waals surface area contributed by atoms with Crippen LogP contribution in [0, 0.1) is 11.8 Å². The topological polar surface area (TPSA) is 102 Å². The van der Waals surface area contributed by atoms with Gasteiger partial charge in [-0.15, -0.1) is 0 Å². The molecule has 4 heterocycles. The first-order chi connectivity index (χ1) is 16.3. The highest BCUT2D eigenvalue weighted by Gasteiger charge is 2.29. The molecule has 0 saturated heterocycles. The van der Waals surface area contributed by atoms with Gasteiger partial charge in [0.2, 0.25) is 5.82 Å². The molecule has 0 spiro atoms. The van der Waals surface area contributed by atoms with Gasteiger partial charge in [0.15, 0.2) is 0 Å². The van der Waals surface area contributed by atoms with Crippen molar-refractivity contribution >= 4 is 28.2 Å². The molecule has 5 rings (SSSR count). The molecule has 1 N–H and O–H groups in total. The van der Waals surface area contributed by atoms with Crippen molar-refractivity contribution in [3.05, 3.63) is 52.5 Å². The Morgan fingerprint density at radius 3 is 2.65 bits per heavy atom. The lowest BCUT2D eigenvalue weighted by Gasteiger charge is -2.33. The maximum absolute atomic E-state index is 11.6. The third kappa shape index (κ3) is 4.07. The van der Waals surface area contributed by atoms with E-state index in [1.165, 1.54) is 25.7 Å². The SMILES string of the molecule is C=C(C)c1nc2cc(-c3noc(=O)[nH]3)nc(-c3cncc(Cl)c3)c2n1C(C)[C@H]1CC[C@H](C)CC1. The minimum absolute atomic E-state index is 0.203. The fourth-order valence-corrected chi connectivity index (χ4v) is 5.18. The Balaban J connectivity index is 1.78. The second-order valence-corrected chi connectivity index (χ2v) is 9.84. The predicted octanol–water partition coefficient (Wildman–Crippen LogP) is 5.91. The van der Waals surface area contributed by atoms with Gasteiger partial charge in [-0.3, -0.25) is 14.5 Å². The Bertz CT molecular complexity index is 1430. The molecule has 0 aliphatic heterocycles. The van der Waals surface area contributed by atoms with Gasteiger partial charge < -0.3 is 4.57 Å². The highest BCUT2D eigenvalue weighted by Crippen LogP contribution is 2.40. The zero-order chi connectivity index (χ0) is 24.0. The fraction of sp³-hybridized carbons (Fsp3) is 0.400. The number of H-pyrrole nitrogens is 1. The molecule has 176 valence electrons. The second-order valence-electron chi connectivity index (χ2n) is 9.41. The quantitative estimate of drug-likeness (QED) is 0.382. The molecule has 1 atom stereocenters. The number of hydrogen-bond acceptors (Lipinski definition) is 6. The number of halogens is 1. The van der Waals surface area contributed by atoms with Crippen molar-refractivity contribution < 1.29 is 4.52 Å². The van der Waals surface area contributed by atoms with Crippen LogP contribution in [0.1, 0.15) is 58.3 Å². The summed E-state index contributed by atoms with van der Waals surface area (Å²) in [4.78, 5) is 28.3. The van der Waals surface area contributed by atoms with Crippen LogP contribution in [0.15, 0.2) is 40.4 Å². The Morgan fingerprint density at radius 2 is 2.00 bits per heavy atom. The predicted molar refractivity (Wildman–Crippen MR) is 132 cm³/mol. The molecule has 9 heteroatoms. The number of hydrogen-bond donors (Lipinski definition) is 1. The lowest BCUT2D eigenvalue weighted by molar-refractivity contribution is 0.227. The average molecular weight is 479 g/mol. The maximum Gasteiger partial charge on any atom is 0.439 e. The Kier molecular flexibility index (Phi) is 5.85. The number of aromatic amines is 1. The van der Waals surface area contributed by atoms with E-state index in [-0.39, 0.29) is 11.9 Å². The highest BCUT2D eigenvalue weighted by molar-refractivity contribution is 6.30. The summed E-state index contributed by atoms with van der Waals surface area (Å²) in [6.45, 7) is 10.8. The molecule has 4 aromatic rings. The van der Waals surface area contributed by atoms with E-state index >= 15 is 0 Å². The van der Waals surface area contributed by atoms with Gasteiger partial charge in [0.1, 0.15) is 11.5 Å². The number of allylic oxidation sites excluding steroid dienone is 1. The standard InChI is InChI=1S/C25H27ClN6O2/c1-13(2)24-29-19-10-20(23-30-25(33)34-31-23)28-21(17-9-18(26)12-27-11-17)22(19)32(24)15(4)16-7-5-14(3)6-8-16/h9-12,14-16H,1,5-8H2,2-4H3,(H,30,31,33)/t14-,15?,16-. The summed E-state index contributed by atoms with van der Waals surface area (Å²) in [5, 5.41) is 4.33. The Morgan fingerprint density at radius 1 is 1.24 bits per heavy atom. The first-order valence-electron chi connectivity index (χ1n) is 11.6. The van der Waals surface area contributed by atoms with Crippen molar-refractivity contribution in [2.75, 3.05) is 0 Å². The average Bonchev–Trinajstić information content (AvgIpc) is 3.42. The molecule has 0 bridgehead atoms. The molecule has 0 radical (unpaired) electrons. The van der Waals surface area contributed by atoms with Crippen LogP contribution in [0.25, 0.3) is 39.4 Å². The van der Waals surface area contributed by atoms with Crippen molar-refractivity contribution in [3.8, 4) is 22.8 Å². The number of aromatic nitrogens is 6. The van der Waals surface area contributed by atoms with Crippen LogP contribution in [0.4, 0.5) is 0 Å². The fourth-order valence-electron chi connectivity index (χ4n) is 5.00. The summed E-state index contributed by atoms with van der Waals surface area (Å²) in [7, 11) is 0. The Labute approximate surface area is 202 Å². The van der Waals surface area contributed by atoms with E-state index in [0.29, 0.717) is 22.3 Å². The molecule has 1 fully saturated rings. The van der Waals surface area contributed by atoms with E-state index in [1.807, 2.05) is 19.1 Å². The minimum Gasteiger partial charge on any atom is -0.319 e. The van der Waals surface area contributed by atoms with Gasteiger partial charge in [0.05, 0.1) is 21.7 Å².